The lowest BCUT2D eigenvalue weighted by Gasteiger charge is -2.29. The van der Waals surface area contributed by atoms with E-state index in [4.69, 9.17) is 14.6 Å². The quantitative estimate of drug-likeness (QED) is 0.622. The minimum absolute atomic E-state index is 0.189. The number of nitrogens with two attached hydrogens (primary N) is 1. The number of nitrogens with one attached hydrogen (secondary N) is 1. The molecule has 4 N–H and O–H groups in total. The van der Waals surface area contributed by atoms with Crippen LogP contribution in [0.25, 0.3) is 0 Å². The lowest BCUT2D eigenvalue weighted by molar-refractivity contribution is -0.135. The largest absolute Gasteiger partial charge is 0.480 e. The standard InChI is InChI=1S/C16H20FN3O4.C2H5NO2/c1-11(21)18-9-13-10-20(16(22)24-13)12-2-3-15(14(17)8-12)19-4-6-23-7-5-19;3-1-2(4)5/h2-3,8,13H,4-7,9-10H2,1H3,(H,18,21);1,3H2,(H,4,5)/t13-;/m0./s1. The van der Waals surface area contributed by atoms with Gasteiger partial charge in [-0.3, -0.25) is 14.5 Å². The van der Waals surface area contributed by atoms with Crippen LogP contribution >= 0.6 is 0 Å². The van der Waals surface area contributed by atoms with E-state index < -0.39 is 18.2 Å². The molecule has 10 nitrogen and oxygen atoms in total. The number of cyclic esters (lactones) is 1. The second kappa shape index (κ2) is 10.6. The summed E-state index contributed by atoms with van der Waals surface area (Å²) in [6.45, 7) is 4.06. The first-order chi connectivity index (χ1) is 13.8. The number of carboxylic acid groups (broad SMARTS) is 1. The third-order valence-electron chi connectivity index (χ3n) is 4.22. The Morgan fingerprint density at radius 3 is 2.55 bits per heavy atom. The maximum absolute atomic E-state index is 14.4. The number of rotatable bonds is 5. The average Bonchev–Trinajstić information content (AvgIpc) is 3.08. The van der Waals surface area contributed by atoms with Crippen molar-refractivity contribution in [1.82, 2.24) is 5.32 Å². The smallest absolute Gasteiger partial charge is 0.414 e. The van der Waals surface area contributed by atoms with Crippen LogP contribution < -0.4 is 20.9 Å². The number of carbonyl (C=O) groups is 3. The molecule has 2 aliphatic heterocycles. The van der Waals surface area contributed by atoms with Gasteiger partial charge in [-0.2, -0.15) is 0 Å². The number of hydrogen-bond donors (Lipinski definition) is 3. The second-order valence-corrected chi connectivity index (χ2v) is 6.39. The lowest BCUT2D eigenvalue weighted by atomic mass is 10.2. The minimum Gasteiger partial charge on any atom is -0.480 e. The molecule has 0 radical (unpaired) electrons. The molecular formula is C18H25FN4O6. The lowest BCUT2D eigenvalue weighted by Crippen LogP contribution is -2.36. The third kappa shape index (κ3) is 6.57. The van der Waals surface area contributed by atoms with Gasteiger partial charge in [-0.25, -0.2) is 9.18 Å². The summed E-state index contributed by atoms with van der Waals surface area (Å²) >= 11 is 0. The van der Waals surface area contributed by atoms with Crippen LogP contribution in [0.15, 0.2) is 18.2 Å². The van der Waals surface area contributed by atoms with E-state index in [1.807, 2.05) is 4.90 Å². The molecule has 0 spiro atoms. The Labute approximate surface area is 167 Å². The molecule has 2 saturated heterocycles. The van der Waals surface area contributed by atoms with Gasteiger partial charge in [0.15, 0.2) is 0 Å². The first-order valence-electron chi connectivity index (χ1n) is 9.08. The van der Waals surface area contributed by atoms with Crippen LogP contribution in [0.1, 0.15) is 6.92 Å². The zero-order valence-electron chi connectivity index (χ0n) is 16.1. The summed E-state index contributed by atoms with van der Waals surface area (Å²) in [6, 6.07) is 4.72. The summed E-state index contributed by atoms with van der Waals surface area (Å²) in [5.41, 5.74) is 5.52. The number of morpholine rings is 1. The summed E-state index contributed by atoms with van der Waals surface area (Å²) in [7, 11) is 0. The van der Waals surface area contributed by atoms with Gasteiger partial charge in [0.1, 0.15) is 11.9 Å². The van der Waals surface area contributed by atoms with E-state index in [9.17, 15) is 18.8 Å². The van der Waals surface area contributed by atoms with E-state index >= 15 is 0 Å². The van der Waals surface area contributed by atoms with Gasteiger partial charge in [0.25, 0.3) is 0 Å². The van der Waals surface area contributed by atoms with Gasteiger partial charge in [0, 0.05) is 20.0 Å². The monoisotopic (exact) mass is 412 g/mol. The molecule has 160 valence electrons. The number of hydrogen-bond acceptors (Lipinski definition) is 7. The maximum atomic E-state index is 14.4. The first kappa shape index (κ1) is 22.4. The van der Waals surface area contributed by atoms with E-state index in [2.05, 4.69) is 11.1 Å². The Morgan fingerprint density at radius 2 is 2.00 bits per heavy atom. The molecule has 2 fully saturated rings. The fourth-order valence-electron chi connectivity index (χ4n) is 2.82. The predicted molar refractivity (Wildman–Crippen MR) is 102 cm³/mol. The van der Waals surface area contributed by atoms with Crippen LogP contribution in [0, 0.1) is 5.82 Å². The predicted octanol–water partition coefficient (Wildman–Crippen LogP) is 0.153. The van der Waals surface area contributed by atoms with Crippen LogP contribution in [0.3, 0.4) is 0 Å². The number of amides is 2. The number of carboxylic acids is 1. The molecule has 3 rings (SSSR count). The second-order valence-electron chi connectivity index (χ2n) is 6.39. The molecule has 0 aliphatic carbocycles. The molecule has 0 bridgehead atoms. The minimum atomic E-state index is -0.968. The van der Waals surface area contributed by atoms with Gasteiger partial charge < -0.3 is 30.5 Å². The van der Waals surface area contributed by atoms with Crippen molar-refractivity contribution in [2.45, 2.75) is 13.0 Å². The number of nitrogens with zero attached hydrogens (tertiary/aromatic N) is 2. The fraction of sp³-hybridized carbons (Fsp3) is 0.500. The molecule has 0 saturated carbocycles. The van der Waals surface area contributed by atoms with Gasteiger partial charge >= 0.3 is 12.1 Å². The first-order valence-corrected chi connectivity index (χ1v) is 9.08. The number of anilines is 2. The van der Waals surface area contributed by atoms with Gasteiger partial charge in [0.05, 0.1) is 44.2 Å². The Hall–Kier alpha value is -2.92. The molecule has 1 atom stereocenters. The molecule has 2 aliphatic rings. The average molecular weight is 412 g/mol. The van der Waals surface area contributed by atoms with E-state index in [0.29, 0.717) is 37.7 Å². The summed E-state index contributed by atoms with van der Waals surface area (Å²) < 4.78 is 24.9. The van der Waals surface area contributed by atoms with Gasteiger partial charge in [-0.05, 0) is 18.2 Å². The molecule has 29 heavy (non-hydrogen) atoms. The van der Waals surface area contributed by atoms with E-state index in [1.165, 1.54) is 17.9 Å². The van der Waals surface area contributed by atoms with Crippen LogP contribution in [-0.2, 0) is 19.1 Å². The highest BCUT2D eigenvalue weighted by Crippen LogP contribution is 2.28. The molecule has 2 amide bonds. The third-order valence-corrected chi connectivity index (χ3v) is 4.22. The molecule has 0 aromatic heterocycles. The Kier molecular flexibility index (Phi) is 8.16. The Morgan fingerprint density at radius 1 is 1.34 bits per heavy atom. The summed E-state index contributed by atoms with van der Waals surface area (Å²) in [5.74, 6) is -1.54. The van der Waals surface area contributed by atoms with Crippen molar-refractivity contribution < 1.29 is 33.4 Å². The summed E-state index contributed by atoms with van der Waals surface area (Å²) in [5, 5.41) is 10.2. The van der Waals surface area contributed by atoms with E-state index in [1.54, 1.807) is 12.1 Å². The van der Waals surface area contributed by atoms with Crippen molar-refractivity contribution in [2.24, 2.45) is 5.73 Å². The SMILES string of the molecule is CC(=O)NC[C@H]1CN(c2ccc(N3CCOCC3)c(F)c2)C(=O)O1.NCC(=O)O. The van der Waals surface area contributed by atoms with Crippen LogP contribution in [0.4, 0.5) is 20.6 Å². The molecule has 1 aromatic carbocycles. The molecular weight excluding hydrogens is 387 g/mol. The van der Waals surface area contributed by atoms with Crippen molar-refractivity contribution in [3.8, 4) is 0 Å². The maximum Gasteiger partial charge on any atom is 0.414 e. The van der Waals surface area contributed by atoms with E-state index in [-0.39, 0.29) is 31.4 Å². The molecule has 1 aromatic rings. The van der Waals surface area contributed by atoms with Crippen molar-refractivity contribution >= 4 is 29.3 Å². The normalized spacial score (nSPS) is 18.6. The number of benzene rings is 1. The number of ether oxygens (including phenoxy) is 2. The van der Waals surface area contributed by atoms with Crippen LogP contribution in [0.5, 0.6) is 0 Å². The highest BCUT2D eigenvalue weighted by Gasteiger charge is 2.33. The Balaban J connectivity index is 0.000000537. The van der Waals surface area contributed by atoms with Gasteiger partial charge in [-0.1, -0.05) is 0 Å². The van der Waals surface area contributed by atoms with Crippen LogP contribution in [-0.4, -0.2) is 75.1 Å². The zero-order chi connectivity index (χ0) is 21.4. The number of aliphatic carboxylic acids is 1. The van der Waals surface area contributed by atoms with Crippen molar-refractivity contribution in [1.29, 1.82) is 0 Å². The van der Waals surface area contributed by atoms with Crippen molar-refractivity contribution in [2.75, 3.05) is 55.7 Å². The highest BCUT2D eigenvalue weighted by molar-refractivity contribution is 5.90. The molecule has 0 unspecified atom stereocenters. The van der Waals surface area contributed by atoms with Gasteiger partial charge in [0.2, 0.25) is 5.91 Å². The Bertz CT molecular complexity index is 741. The number of halogens is 1. The summed E-state index contributed by atoms with van der Waals surface area (Å²) in [6.07, 6.45) is -0.979. The number of carbonyl (C=O) groups excluding carboxylic acids is 2. The highest BCUT2D eigenvalue weighted by atomic mass is 19.1. The van der Waals surface area contributed by atoms with Gasteiger partial charge in [-0.15, -0.1) is 0 Å². The fourth-order valence-corrected chi connectivity index (χ4v) is 2.82. The van der Waals surface area contributed by atoms with Crippen LogP contribution in [0.2, 0.25) is 0 Å². The van der Waals surface area contributed by atoms with E-state index in [0.717, 1.165) is 0 Å². The molecule has 2 heterocycles. The zero-order valence-corrected chi connectivity index (χ0v) is 16.1. The summed E-state index contributed by atoms with van der Waals surface area (Å²) in [4.78, 5) is 35.4. The topological polar surface area (TPSA) is 134 Å². The van der Waals surface area contributed by atoms with Crippen molar-refractivity contribution in [3.63, 3.8) is 0 Å². The molecule has 11 heteroatoms. The van der Waals surface area contributed by atoms with Crippen molar-refractivity contribution in [3.05, 3.63) is 24.0 Å².